The maximum absolute atomic E-state index is 11.4. The molecule has 6 rings (SSSR count). The van der Waals surface area contributed by atoms with Crippen molar-refractivity contribution in [2.24, 2.45) is 0 Å². The molecule has 49 heavy (non-hydrogen) atoms. The molecule has 7 heteroatoms. The first-order valence-electron chi connectivity index (χ1n) is 15.5. The Bertz CT molecular complexity index is 1870. The molecule has 6 aromatic carbocycles. The van der Waals surface area contributed by atoms with Gasteiger partial charge in [0.2, 0.25) is 0 Å². The summed E-state index contributed by atoms with van der Waals surface area (Å²) in [5, 5.41) is 43.8. The number of aromatic carboxylic acids is 2. The first-order chi connectivity index (χ1) is 23.2. The predicted octanol–water partition coefficient (Wildman–Crippen LogP) is 7.15. The third-order valence-corrected chi connectivity index (χ3v) is 8.47. The van der Waals surface area contributed by atoms with Crippen LogP contribution in [-0.2, 0) is 19.5 Å². The van der Waals surface area contributed by atoms with Gasteiger partial charge in [-0.3, -0.25) is 0 Å². The van der Waals surface area contributed by atoms with Crippen molar-refractivity contribution in [1.82, 2.24) is 0 Å². The molecule has 0 aliphatic rings. The van der Waals surface area contributed by atoms with Crippen LogP contribution in [0.15, 0.2) is 146 Å². The Hall–Kier alpha value is -5.52. The zero-order chi connectivity index (χ0) is 34.2. The second-order valence-electron chi connectivity index (χ2n) is 11.5. The first kappa shape index (κ1) is 36.3. The molecule has 0 saturated carbocycles. The molecule has 0 radical (unpaired) electrons. The van der Waals surface area contributed by atoms with Gasteiger partial charge in [0.05, 0.1) is 11.9 Å². The molecule has 6 aromatic rings. The Kier molecular flexibility index (Phi) is 12.3. The van der Waals surface area contributed by atoms with Gasteiger partial charge in [0.1, 0.15) is 11.5 Å². The van der Waals surface area contributed by atoms with E-state index in [1.807, 2.05) is 147 Å². The van der Waals surface area contributed by atoms with Gasteiger partial charge in [0.15, 0.2) is 0 Å². The molecule has 0 aliphatic carbocycles. The predicted molar refractivity (Wildman–Crippen MR) is 184 cm³/mol. The molecule has 240 valence electrons. The number of rotatable bonds is 8. The van der Waals surface area contributed by atoms with Gasteiger partial charge in [-0.1, -0.05) is 135 Å². The topological polar surface area (TPSA) is 121 Å². The van der Waals surface area contributed by atoms with E-state index < -0.39 is 11.9 Å². The molecule has 0 saturated heterocycles. The number of hydrogen-bond donors (Lipinski definition) is 2. The minimum Gasteiger partial charge on any atom is -0.545 e. The Morgan fingerprint density at radius 1 is 0.469 bits per heavy atom. The molecule has 6 nitrogen and oxygen atoms in total. The quantitative estimate of drug-likeness (QED) is 0.163. The van der Waals surface area contributed by atoms with Crippen molar-refractivity contribution in [3.8, 4) is 33.8 Å². The molecule has 2 N–H and O–H groups in total. The number of hydrogen-bond acceptors (Lipinski definition) is 6. The van der Waals surface area contributed by atoms with Gasteiger partial charge in [-0.25, -0.2) is 0 Å². The molecule has 0 fully saturated rings. The Morgan fingerprint density at radius 3 is 1.04 bits per heavy atom. The van der Waals surface area contributed by atoms with Crippen LogP contribution in [0.4, 0.5) is 0 Å². The van der Waals surface area contributed by atoms with E-state index in [4.69, 9.17) is 0 Å². The van der Waals surface area contributed by atoms with Crippen LogP contribution in [0, 0.1) is 0 Å². The molecular weight excluding hydrogens is 666 g/mol. The minimum absolute atomic E-state index is 0. The molecule has 2 unspecified atom stereocenters. The number of carbonyl (C=O) groups is 2. The van der Waals surface area contributed by atoms with Crippen molar-refractivity contribution in [3.63, 3.8) is 0 Å². The number of carboxylic acids is 2. The number of phenols is 2. The van der Waals surface area contributed by atoms with Gasteiger partial charge in [-0.15, -0.1) is 0 Å². The maximum Gasteiger partial charge on any atom is 2.00 e. The van der Waals surface area contributed by atoms with Crippen molar-refractivity contribution in [3.05, 3.63) is 179 Å². The summed E-state index contributed by atoms with van der Waals surface area (Å²) in [4.78, 5) is 22.9. The zero-order valence-corrected chi connectivity index (χ0v) is 30.2. The van der Waals surface area contributed by atoms with Crippen LogP contribution in [0.3, 0.4) is 0 Å². The fraction of sp³-hybridized carbons (Fsp3) is 0.0952. The van der Waals surface area contributed by atoms with Gasteiger partial charge < -0.3 is 30.0 Å². The van der Waals surface area contributed by atoms with Crippen LogP contribution in [0.1, 0.15) is 68.7 Å². The van der Waals surface area contributed by atoms with Crippen LogP contribution in [0.25, 0.3) is 22.3 Å². The summed E-state index contributed by atoms with van der Waals surface area (Å²) in [5.74, 6) is -3.52. The molecule has 2 atom stereocenters. The smallest absolute Gasteiger partial charge is 0.545 e. The average molecular weight is 700 g/mol. The summed E-state index contributed by atoms with van der Waals surface area (Å²) < 4.78 is 0. The first-order valence-corrected chi connectivity index (χ1v) is 15.5. The van der Waals surface area contributed by atoms with E-state index in [1.54, 1.807) is 0 Å². The van der Waals surface area contributed by atoms with Crippen molar-refractivity contribution >= 4 is 11.9 Å². The maximum atomic E-state index is 11.4. The molecule has 0 aliphatic heterocycles. The van der Waals surface area contributed by atoms with Crippen molar-refractivity contribution < 1.29 is 49.5 Å². The van der Waals surface area contributed by atoms with Gasteiger partial charge in [0, 0.05) is 34.1 Å². The molecule has 0 amide bonds. The van der Waals surface area contributed by atoms with E-state index in [9.17, 15) is 30.0 Å². The van der Waals surface area contributed by atoms with Crippen LogP contribution in [0.2, 0.25) is 0 Å². The molecule has 0 bridgehead atoms. The third-order valence-electron chi connectivity index (χ3n) is 8.47. The number of carboxylic acid groups (broad SMARTS) is 2. The normalized spacial score (nSPS) is 11.6. The number of aromatic hydroxyl groups is 2. The van der Waals surface area contributed by atoms with E-state index in [0.29, 0.717) is 11.1 Å². The average Bonchev–Trinajstić information content (AvgIpc) is 3.12. The van der Waals surface area contributed by atoms with E-state index in [2.05, 4.69) is 0 Å². The van der Waals surface area contributed by atoms with E-state index in [1.165, 1.54) is 12.1 Å². The summed E-state index contributed by atoms with van der Waals surface area (Å²) in [5.41, 5.74) is 6.04. The van der Waals surface area contributed by atoms with E-state index in [-0.39, 0.29) is 53.9 Å². The largest absolute Gasteiger partial charge is 2.00 e. The summed E-state index contributed by atoms with van der Waals surface area (Å²) in [7, 11) is 0. The standard InChI is InChI=1S/2C21H18O3.Zn/c2*1-14(15-8-4-2-5-9-15)18-12-17(16-10-6-3-7-11-16)13-19(20(18)22)21(23)24;/h2*2-14,22H,1H3,(H,23,24);/q;;+2/p-2. The zero-order valence-electron chi connectivity index (χ0n) is 27.2. The fourth-order valence-electron chi connectivity index (χ4n) is 5.72. The van der Waals surface area contributed by atoms with Gasteiger partial charge in [-0.2, -0.15) is 0 Å². The minimum atomic E-state index is -1.38. The van der Waals surface area contributed by atoms with Crippen LogP contribution in [0.5, 0.6) is 11.5 Å². The van der Waals surface area contributed by atoms with E-state index >= 15 is 0 Å². The van der Waals surface area contributed by atoms with Crippen LogP contribution in [-0.4, -0.2) is 22.2 Å². The fourth-order valence-corrected chi connectivity index (χ4v) is 5.72. The van der Waals surface area contributed by atoms with Crippen LogP contribution < -0.4 is 10.2 Å². The SMILES string of the molecule is CC(c1ccccc1)c1cc(-c2ccccc2)cc(C(=O)[O-])c1O.CC(c1ccccc1)c1cc(-c2ccccc2)cc(C(=O)[O-])c1O.[Zn+2]. The monoisotopic (exact) mass is 698 g/mol. The van der Waals surface area contributed by atoms with Gasteiger partial charge in [0.25, 0.3) is 0 Å². The third kappa shape index (κ3) is 8.50. The number of carbonyl (C=O) groups excluding carboxylic acids is 2. The van der Waals surface area contributed by atoms with Crippen LogP contribution >= 0.6 is 0 Å². The van der Waals surface area contributed by atoms with Crippen molar-refractivity contribution in [1.29, 1.82) is 0 Å². The Labute approximate surface area is 298 Å². The Morgan fingerprint density at radius 2 is 0.755 bits per heavy atom. The van der Waals surface area contributed by atoms with Gasteiger partial charge in [-0.05, 0) is 57.6 Å². The van der Waals surface area contributed by atoms with Crippen molar-refractivity contribution in [2.75, 3.05) is 0 Å². The van der Waals surface area contributed by atoms with Crippen molar-refractivity contribution in [2.45, 2.75) is 25.7 Å². The summed E-state index contributed by atoms with van der Waals surface area (Å²) >= 11 is 0. The van der Waals surface area contributed by atoms with E-state index in [0.717, 1.165) is 33.4 Å². The summed E-state index contributed by atoms with van der Waals surface area (Å²) in [6.07, 6.45) is 0. The molecule has 0 spiro atoms. The molecule has 0 aromatic heterocycles. The number of benzene rings is 6. The molecular formula is C42H34O6Zn. The second-order valence-corrected chi connectivity index (χ2v) is 11.5. The Balaban J connectivity index is 0.000000216. The van der Waals surface area contributed by atoms with Gasteiger partial charge >= 0.3 is 19.5 Å². The summed E-state index contributed by atoms with van der Waals surface area (Å²) in [6.45, 7) is 3.89. The molecule has 0 heterocycles. The second kappa shape index (κ2) is 16.5. The summed E-state index contributed by atoms with van der Waals surface area (Å²) in [6, 6.07) is 44.9.